The van der Waals surface area contributed by atoms with Crippen molar-refractivity contribution in [1.29, 1.82) is 0 Å². The van der Waals surface area contributed by atoms with Gasteiger partial charge in [0.2, 0.25) is 5.91 Å². The molecule has 2 aromatic heterocycles. The molecule has 2 heterocycles. The van der Waals surface area contributed by atoms with Gasteiger partial charge in [-0.1, -0.05) is 17.8 Å². The molecule has 0 saturated heterocycles. The lowest BCUT2D eigenvalue weighted by atomic mass is 9.53. The van der Waals surface area contributed by atoms with Gasteiger partial charge in [0, 0.05) is 11.7 Å². The minimum Gasteiger partial charge on any atom is -0.350 e. The molecule has 0 atom stereocenters. The van der Waals surface area contributed by atoms with Crippen LogP contribution in [0.3, 0.4) is 0 Å². The molecule has 0 spiro atoms. The molecule has 4 bridgehead atoms. The van der Waals surface area contributed by atoms with Gasteiger partial charge in [-0.2, -0.15) is 0 Å². The summed E-state index contributed by atoms with van der Waals surface area (Å²) in [5.41, 5.74) is 0.917. The highest BCUT2D eigenvalue weighted by molar-refractivity contribution is 7.99. The molecule has 0 radical (unpaired) electrons. The summed E-state index contributed by atoms with van der Waals surface area (Å²) in [5.74, 6) is 3.12. The van der Waals surface area contributed by atoms with Gasteiger partial charge in [-0.05, 0) is 68.4 Å². The van der Waals surface area contributed by atoms with E-state index in [0.717, 1.165) is 28.6 Å². The molecular weight excluding hydrogens is 320 g/mol. The first-order valence-electron chi connectivity index (χ1n) is 8.93. The molecule has 4 aliphatic rings. The van der Waals surface area contributed by atoms with Crippen LogP contribution < -0.4 is 5.32 Å². The van der Waals surface area contributed by atoms with E-state index in [4.69, 9.17) is 0 Å². The summed E-state index contributed by atoms with van der Waals surface area (Å²) in [6.45, 7) is 0. The highest BCUT2D eigenvalue weighted by Gasteiger charge is 2.51. The van der Waals surface area contributed by atoms with Crippen LogP contribution in [0.4, 0.5) is 0 Å². The normalized spacial score (nSPS) is 33.9. The SMILES string of the molecule is O=C(CSc1nnc2ccccn12)NC12CC3CC(CC(C3)C1)C2. The molecule has 6 rings (SSSR count). The van der Waals surface area contributed by atoms with Gasteiger partial charge in [0.25, 0.3) is 0 Å². The standard InChI is InChI=1S/C18H22N4OS/c23-16(11-24-17-21-20-15-3-1-2-4-22(15)17)19-18-8-12-5-13(9-18)7-14(6-12)10-18/h1-4,12-14H,5-11H2,(H,19,23). The van der Waals surface area contributed by atoms with Crippen LogP contribution in [0.15, 0.2) is 29.6 Å². The minimum absolute atomic E-state index is 0.0965. The van der Waals surface area contributed by atoms with E-state index < -0.39 is 0 Å². The average Bonchev–Trinajstić information content (AvgIpc) is 2.94. The van der Waals surface area contributed by atoms with Crippen molar-refractivity contribution in [1.82, 2.24) is 19.9 Å². The van der Waals surface area contributed by atoms with Crippen LogP contribution in [0, 0.1) is 17.8 Å². The number of carbonyl (C=O) groups excluding carboxylic acids is 1. The number of rotatable bonds is 4. The zero-order chi connectivity index (χ0) is 16.1. The van der Waals surface area contributed by atoms with E-state index in [-0.39, 0.29) is 11.4 Å². The van der Waals surface area contributed by atoms with Crippen molar-refractivity contribution in [3.63, 3.8) is 0 Å². The van der Waals surface area contributed by atoms with Gasteiger partial charge >= 0.3 is 0 Å². The van der Waals surface area contributed by atoms with E-state index in [2.05, 4.69) is 15.5 Å². The van der Waals surface area contributed by atoms with Gasteiger partial charge in [-0.15, -0.1) is 10.2 Å². The first-order chi connectivity index (χ1) is 11.7. The highest BCUT2D eigenvalue weighted by Crippen LogP contribution is 2.55. The Morgan fingerprint density at radius 2 is 1.88 bits per heavy atom. The number of hydrogen-bond acceptors (Lipinski definition) is 4. The molecular formula is C18H22N4OS. The number of fused-ring (bicyclic) bond motifs is 1. The third-order valence-electron chi connectivity index (χ3n) is 6.06. The maximum absolute atomic E-state index is 12.6. The Morgan fingerprint density at radius 3 is 2.58 bits per heavy atom. The molecule has 1 N–H and O–H groups in total. The minimum atomic E-state index is 0.0965. The van der Waals surface area contributed by atoms with E-state index in [1.54, 1.807) is 0 Å². The smallest absolute Gasteiger partial charge is 0.230 e. The quantitative estimate of drug-likeness (QED) is 0.868. The zero-order valence-electron chi connectivity index (χ0n) is 13.6. The van der Waals surface area contributed by atoms with Crippen LogP contribution in [-0.2, 0) is 4.79 Å². The van der Waals surface area contributed by atoms with Crippen molar-refractivity contribution < 1.29 is 4.79 Å². The molecule has 4 aliphatic carbocycles. The summed E-state index contributed by atoms with van der Waals surface area (Å²) in [6, 6.07) is 5.82. The van der Waals surface area contributed by atoms with Gasteiger partial charge in [0.15, 0.2) is 10.8 Å². The largest absolute Gasteiger partial charge is 0.350 e. The second-order valence-electron chi connectivity index (χ2n) is 7.95. The maximum Gasteiger partial charge on any atom is 0.230 e. The molecule has 2 aromatic rings. The number of nitrogens with zero attached hydrogens (tertiary/aromatic N) is 3. The van der Waals surface area contributed by atoms with Gasteiger partial charge in [-0.25, -0.2) is 0 Å². The van der Waals surface area contributed by atoms with Crippen molar-refractivity contribution in [2.75, 3.05) is 5.75 Å². The Morgan fingerprint density at radius 1 is 1.17 bits per heavy atom. The van der Waals surface area contributed by atoms with Crippen LogP contribution in [0.5, 0.6) is 0 Å². The van der Waals surface area contributed by atoms with Crippen molar-refractivity contribution in [3.05, 3.63) is 24.4 Å². The van der Waals surface area contributed by atoms with Crippen molar-refractivity contribution in [3.8, 4) is 0 Å². The molecule has 126 valence electrons. The molecule has 4 fully saturated rings. The predicted octanol–water partition coefficient (Wildman–Crippen LogP) is 2.91. The maximum atomic E-state index is 12.6. The lowest BCUT2D eigenvalue weighted by Crippen LogP contribution is -2.60. The van der Waals surface area contributed by atoms with Crippen LogP contribution in [0.2, 0.25) is 0 Å². The fourth-order valence-corrected chi connectivity index (χ4v) is 6.37. The zero-order valence-corrected chi connectivity index (χ0v) is 14.5. The number of thioether (sulfide) groups is 1. The third-order valence-corrected chi connectivity index (χ3v) is 7.00. The highest BCUT2D eigenvalue weighted by atomic mass is 32.2. The van der Waals surface area contributed by atoms with Crippen molar-refractivity contribution in [2.45, 2.75) is 49.2 Å². The molecule has 0 unspecified atom stereocenters. The summed E-state index contributed by atoms with van der Waals surface area (Å²) in [5, 5.41) is 12.5. The van der Waals surface area contributed by atoms with E-state index in [9.17, 15) is 4.79 Å². The average molecular weight is 342 g/mol. The summed E-state index contributed by atoms with van der Waals surface area (Å²) >= 11 is 1.47. The van der Waals surface area contributed by atoms with E-state index in [0.29, 0.717) is 5.75 Å². The number of pyridine rings is 1. The van der Waals surface area contributed by atoms with Gasteiger partial charge in [0.05, 0.1) is 5.75 Å². The fraction of sp³-hybridized carbons (Fsp3) is 0.611. The fourth-order valence-electron chi connectivity index (χ4n) is 5.64. The first kappa shape index (κ1) is 14.8. The number of aromatic nitrogens is 3. The third kappa shape index (κ3) is 2.51. The summed E-state index contributed by atoms with van der Waals surface area (Å²) in [6.07, 6.45) is 9.73. The van der Waals surface area contributed by atoms with Crippen molar-refractivity contribution in [2.24, 2.45) is 17.8 Å². The first-order valence-corrected chi connectivity index (χ1v) is 9.91. The Bertz CT molecular complexity index is 751. The molecule has 1 amide bonds. The molecule has 0 aliphatic heterocycles. The van der Waals surface area contributed by atoms with Crippen LogP contribution in [0.25, 0.3) is 5.65 Å². The predicted molar refractivity (Wildman–Crippen MR) is 92.8 cm³/mol. The number of amides is 1. The Balaban J connectivity index is 1.25. The summed E-state index contributed by atoms with van der Waals surface area (Å²) in [7, 11) is 0. The Hall–Kier alpha value is -1.56. The van der Waals surface area contributed by atoms with Gasteiger partial charge in [0.1, 0.15) is 0 Å². The lowest BCUT2D eigenvalue weighted by Gasteiger charge is -2.56. The second-order valence-corrected chi connectivity index (χ2v) is 8.89. The van der Waals surface area contributed by atoms with E-state index >= 15 is 0 Å². The molecule has 5 nitrogen and oxygen atoms in total. The number of hydrogen-bond donors (Lipinski definition) is 1. The second kappa shape index (κ2) is 5.48. The van der Waals surface area contributed by atoms with Gasteiger partial charge in [-0.3, -0.25) is 9.20 Å². The summed E-state index contributed by atoms with van der Waals surface area (Å²) < 4.78 is 1.93. The monoisotopic (exact) mass is 342 g/mol. The Labute approximate surface area is 145 Å². The molecule has 6 heteroatoms. The Kier molecular flexibility index (Phi) is 3.37. The number of nitrogens with one attached hydrogen (secondary N) is 1. The van der Waals surface area contributed by atoms with Crippen LogP contribution in [-0.4, -0.2) is 31.8 Å². The van der Waals surface area contributed by atoms with E-state index in [1.165, 1.54) is 50.3 Å². The molecule has 24 heavy (non-hydrogen) atoms. The van der Waals surface area contributed by atoms with Crippen LogP contribution >= 0.6 is 11.8 Å². The number of carbonyl (C=O) groups is 1. The van der Waals surface area contributed by atoms with Crippen LogP contribution in [0.1, 0.15) is 38.5 Å². The van der Waals surface area contributed by atoms with Crippen molar-refractivity contribution >= 4 is 23.3 Å². The molecule has 4 saturated carbocycles. The molecule has 0 aromatic carbocycles. The summed E-state index contributed by atoms with van der Waals surface area (Å²) in [4.78, 5) is 12.6. The van der Waals surface area contributed by atoms with E-state index in [1.807, 2.05) is 28.8 Å². The topological polar surface area (TPSA) is 59.3 Å². The van der Waals surface area contributed by atoms with Gasteiger partial charge < -0.3 is 5.32 Å². The lowest BCUT2D eigenvalue weighted by molar-refractivity contribution is -0.124.